The van der Waals surface area contributed by atoms with Crippen LogP contribution in [0.4, 0.5) is 10.5 Å². The topological polar surface area (TPSA) is 50.8 Å². The molecule has 5 nitrogen and oxygen atoms in total. The highest BCUT2D eigenvalue weighted by Gasteiger charge is 2.15. The average Bonchev–Trinajstić information content (AvgIpc) is 2.55. The summed E-state index contributed by atoms with van der Waals surface area (Å²) in [6, 6.07) is 5.29. The predicted octanol–water partition coefficient (Wildman–Crippen LogP) is 4.14. The van der Waals surface area contributed by atoms with Gasteiger partial charge in [0.2, 0.25) is 0 Å². The van der Waals surface area contributed by atoms with Crippen LogP contribution < -0.4 is 14.8 Å². The number of ether oxygens (including phenoxy) is 2. The van der Waals surface area contributed by atoms with E-state index in [2.05, 4.69) is 19.2 Å². The minimum atomic E-state index is -0.0784. The van der Waals surface area contributed by atoms with Gasteiger partial charge < -0.3 is 19.7 Å². The number of carbonyl (C=O) groups is 1. The van der Waals surface area contributed by atoms with E-state index in [4.69, 9.17) is 9.47 Å². The second kappa shape index (κ2) is 9.92. The molecule has 22 heavy (non-hydrogen) atoms. The SMILES string of the molecule is CCCCN(CCCC)C(=O)Nc1ccc(OC)cc1OC. The molecule has 0 aliphatic heterocycles. The second-order valence-electron chi connectivity index (χ2n) is 5.19. The van der Waals surface area contributed by atoms with Crippen molar-refractivity contribution in [2.45, 2.75) is 39.5 Å². The maximum Gasteiger partial charge on any atom is 0.321 e. The smallest absolute Gasteiger partial charge is 0.321 e. The summed E-state index contributed by atoms with van der Waals surface area (Å²) in [5.41, 5.74) is 0.659. The number of hydrogen-bond donors (Lipinski definition) is 1. The van der Waals surface area contributed by atoms with E-state index in [-0.39, 0.29) is 6.03 Å². The number of amides is 2. The normalized spacial score (nSPS) is 10.2. The van der Waals surface area contributed by atoms with Crippen LogP contribution in [0.5, 0.6) is 11.5 Å². The molecule has 2 amide bonds. The molecule has 1 N–H and O–H groups in total. The van der Waals surface area contributed by atoms with E-state index in [1.807, 2.05) is 4.90 Å². The number of hydrogen-bond acceptors (Lipinski definition) is 3. The van der Waals surface area contributed by atoms with Crippen molar-refractivity contribution in [3.63, 3.8) is 0 Å². The van der Waals surface area contributed by atoms with Gasteiger partial charge in [-0.2, -0.15) is 0 Å². The zero-order chi connectivity index (χ0) is 16.4. The Morgan fingerprint density at radius 3 is 2.23 bits per heavy atom. The lowest BCUT2D eigenvalue weighted by atomic mass is 10.2. The van der Waals surface area contributed by atoms with Crippen LogP contribution in [-0.4, -0.2) is 38.2 Å². The van der Waals surface area contributed by atoms with Crippen LogP contribution >= 0.6 is 0 Å². The van der Waals surface area contributed by atoms with Gasteiger partial charge >= 0.3 is 6.03 Å². The van der Waals surface area contributed by atoms with Crippen molar-refractivity contribution in [2.75, 3.05) is 32.6 Å². The standard InChI is InChI=1S/C17H28N2O3/c1-5-7-11-19(12-8-6-2)17(20)18-15-10-9-14(21-3)13-16(15)22-4/h9-10,13H,5-8,11-12H2,1-4H3,(H,18,20). The Labute approximate surface area is 133 Å². The minimum absolute atomic E-state index is 0.0784. The van der Waals surface area contributed by atoms with Gasteiger partial charge in [-0.05, 0) is 25.0 Å². The van der Waals surface area contributed by atoms with Crippen molar-refractivity contribution in [2.24, 2.45) is 0 Å². The Hall–Kier alpha value is -1.91. The first-order valence-electron chi connectivity index (χ1n) is 7.94. The Balaban J connectivity index is 2.78. The number of carbonyl (C=O) groups excluding carboxylic acids is 1. The average molecular weight is 308 g/mol. The van der Waals surface area contributed by atoms with Gasteiger partial charge in [0.25, 0.3) is 0 Å². The van der Waals surface area contributed by atoms with Gasteiger partial charge in [0.1, 0.15) is 11.5 Å². The predicted molar refractivity (Wildman–Crippen MR) is 90.0 cm³/mol. The number of benzene rings is 1. The van der Waals surface area contributed by atoms with Gasteiger partial charge in [-0.3, -0.25) is 0 Å². The fourth-order valence-electron chi connectivity index (χ4n) is 2.11. The Morgan fingerprint density at radius 2 is 1.73 bits per heavy atom. The molecular formula is C17H28N2O3. The van der Waals surface area contributed by atoms with Gasteiger partial charge in [0.15, 0.2) is 0 Å². The molecule has 0 saturated heterocycles. The molecule has 0 saturated carbocycles. The number of nitrogens with one attached hydrogen (secondary N) is 1. The first-order valence-corrected chi connectivity index (χ1v) is 7.94. The summed E-state index contributed by atoms with van der Waals surface area (Å²) in [6.45, 7) is 5.81. The molecule has 0 unspecified atom stereocenters. The number of methoxy groups -OCH3 is 2. The lowest BCUT2D eigenvalue weighted by Crippen LogP contribution is -2.36. The van der Waals surface area contributed by atoms with Crippen LogP contribution in [-0.2, 0) is 0 Å². The number of urea groups is 1. The fourth-order valence-corrected chi connectivity index (χ4v) is 2.11. The molecule has 0 atom stereocenters. The van der Waals surface area contributed by atoms with Gasteiger partial charge in [0, 0.05) is 19.2 Å². The number of nitrogens with zero attached hydrogens (tertiary/aromatic N) is 1. The maximum atomic E-state index is 12.5. The lowest BCUT2D eigenvalue weighted by molar-refractivity contribution is 0.209. The minimum Gasteiger partial charge on any atom is -0.497 e. The summed E-state index contributed by atoms with van der Waals surface area (Å²) in [7, 11) is 3.18. The van der Waals surface area contributed by atoms with E-state index in [1.165, 1.54) is 0 Å². The van der Waals surface area contributed by atoms with Crippen molar-refractivity contribution >= 4 is 11.7 Å². The van der Waals surface area contributed by atoms with E-state index in [9.17, 15) is 4.79 Å². The first kappa shape index (κ1) is 18.1. The molecule has 0 aliphatic rings. The molecule has 0 aliphatic carbocycles. The van der Waals surface area contributed by atoms with Crippen molar-refractivity contribution < 1.29 is 14.3 Å². The number of rotatable bonds is 9. The summed E-state index contributed by atoms with van der Waals surface area (Å²) in [6.07, 6.45) is 4.16. The van der Waals surface area contributed by atoms with Crippen LogP contribution in [0.1, 0.15) is 39.5 Å². The third-order valence-electron chi connectivity index (χ3n) is 3.50. The Bertz CT molecular complexity index is 455. The summed E-state index contributed by atoms with van der Waals surface area (Å²) >= 11 is 0. The molecule has 1 rings (SSSR count). The van der Waals surface area contributed by atoms with Crippen molar-refractivity contribution in [1.29, 1.82) is 0 Å². The van der Waals surface area contributed by atoms with E-state index in [1.54, 1.807) is 32.4 Å². The van der Waals surface area contributed by atoms with Crippen molar-refractivity contribution in [1.82, 2.24) is 4.90 Å². The summed E-state index contributed by atoms with van der Waals surface area (Å²) < 4.78 is 10.5. The van der Waals surface area contributed by atoms with E-state index < -0.39 is 0 Å². The maximum absolute atomic E-state index is 12.5. The van der Waals surface area contributed by atoms with Crippen LogP contribution in [0.15, 0.2) is 18.2 Å². The zero-order valence-corrected chi connectivity index (χ0v) is 14.1. The monoisotopic (exact) mass is 308 g/mol. The van der Waals surface area contributed by atoms with Gasteiger partial charge in [-0.15, -0.1) is 0 Å². The van der Waals surface area contributed by atoms with Gasteiger partial charge in [0.05, 0.1) is 19.9 Å². The third-order valence-corrected chi connectivity index (χ3v) is 3.50. The van der Waals surface area contributed by atoms with Crippen molar-refractivity contribution in [3.05, 3.63) is 18.2 Å². The number of unbranched alkanes of at least 4 members (excludes halogenated alkanes) is 2. The third kappa shape index (κ3) is 5.47. The lowest BCUT2D eigenvalue weighted by Gasteiger charge is -2.23. The van der Waals surface area contributed by atoms with E-state index in [0.717, 1.165) is 38.8 Å². The highest BCUT2D eigenvalue weighted by atomic mass is 16.5. The first-order chi connectivity index (χ1) is 10.7. The van der Waals surface area contributed by atoms with Gasteiger partial charge in [-0.25, -0.2) is 4.79 Å². The molecule has 0 bridgehead atoms. The van der Waals surface area contributed by atoms with E-state index >= 15 is 0 Å². The molecular weight excluding hydrogens is 280 g/mol. The molecule has 0 heterocycles. The molecule has 1 aromatic rings. The molecule has 0 spiro atoms. The second-order valence-corrected chi connectivity index (χ2v) is 5.19. The largest absolute Gasteiger partial charge is 0.497 e. The quantitative estimate of drug-likeness (QED) is 0.746. The van der Waals surface area contributed by atoms with E-state index in [0.29, 0.717) is 17.2 Å². The Morgan fingerprint density at radius 1 is 1.09 bits per heavy atom. The summed E-state index contributed by atoms with van der Waals surface area (Å²) in [4.78, 5) is 14.3. The number of anilines is 1. The zero-order valence-electron chi connectivity index (χ0n) is 14.1. The molecule has 5 heteroatoms. The van der Waals surface area contributed by atoms with Crippen molar-refractivity contribution in [3.8, 4) is 11.5 Å². The van der Waals surface area contributed by atoms with Gasteiger partial charge in [-0.1, -0.05) is 26.7 Å². The summed E-state index contributed by atoms with van der Waals surface area (Å²) in [5.74, 6) is 1.29. The molecule has 1 aromatic carbocycles. The van der Waals surface area contributed by atoms with Crippen LogP contribution in [0, 0.1) is 0 Å². The summed E-state index contributed by atoms with van der Waals surface area (Å²) in [5, 5.41) is 2.94. The Kier molecular flexibility index (Phi) is 8.18. The molecule has 0 radical (unpaired) electrons. The van der Waals surface area contributed by atoms with Crippen LogP contribution in [0.3, 0.4) is 0 Å². The van der Waals surface area contributed by atoms with Crippen LogP contribution in [0.25, 0.3) is 0 Å². The van der Waals surface area contributed by atoms with Crippen LogP contribution in [0.2, 0.25) is 0 Å². The fraction of sp³-hybridized carbons (Fsp3) is 0.588. The highest BCUT2D eigenvalue weighted by Crippen LogP contribution is 2.29. The molecule has 0 fully saturated rings. The highest BCUT2D eigenvalue weighted by molar-refractivity contribution is 5.91. The molecule has 124 valence electrons. The molecule has 0 aromatic heterocycles.